The van der Waals surface area contributed by atoms with Gasteiger partial charge in [-0.1, -0.05) is 35.9 Å². The van der Waals surface area contributed by atoms with E-state index in [1.165, 1.54) is 11.8 Å². The Morgan fingerprint density at radius 1 is 1.04 bits per heavy atom. The fourth-order valence-electron chi connectivity index (χ4n) is 2.07. The predicted molar refractivity (Wildman–Crippen MR) is 99.2 cm³/mol. The third kappa shape index (κ3) is 5.37. The van der Waals surface area contributed by atoms with Crippen molar-refractivity contribution >= 4 is 51.9 Å². The van der Waals surface area contributed by atoms with E-state index in [-0.39, 0.29) is 11.8 Å². The number of hydrogen-bond donors (Lipinski definition) is 3. The molecule has 3 N–H and O–H groups in total. The van der Waals surface area contributed by atoms with Crippen molar-refractivity contribution < 1.29 is 14.4 Å². The first-order valence-corrected chi connectivity index (χ1v) is 8.94. The molecule has 0 unspecified atom stereocenters. The maximum Gasteiger partial charge on any atom is 0.327 e. The summed E-state index contributed by atoms with van der Waals surface area (Å²) in [6, 6.07) is 11.1. The van der Waals surface area contributed by atoms with Gasteiger partial charge in [-0.05, 0) is 31.4 Å². The summed E-state index contributed by atoms with van der Waals surface area (Å²) < 4.78 is 0. The van der Waals surface area contributed by atoms with Gasteiger partial charge in [0.05, 0.1) is 5.75 Å². The molecule has 0 atom stereocenters. The van der Waals surface area contributed by atoms with E-state index < -0.39 is 17.7 Å². The molecular formula is C17H18ClN3O3S. The van der Waals surface area contributed by atoms with Gasteiger partial charge in [0, 0.05) is 21.3 Å². The Morgan fingerprint density at radius 3 is 2.40 bits per heavy atom. The second kappa shape index (κ2) is 8.73. The van der Waals surface area contributed by atoms with Crippen molar-refractivity contribution in [3.8, 4) is 0 Å². The average molecular weight is 380 g/mol. The topological polar surface area (TPSA) is 87.3 Å². The molecule has 3 amide bonds. The molecule has 0 heterocycles. The molecule has 25 heavy (non-hydrogen) atoms. The summed E-state index contributed by atoms with van der Waals surface area (Å²) in [5.74, 6) is -2.08. The highest BCUT2D eigenvalue weighted by Crippen LogP contribution is 2.32. The zero-order valence-corrected chi connectivity index (χ0v) is 15.3. The average Bonchev–Trinajstić information content (AvgIpc) is 2.57. The number of benzene rings is 2. The molecule has 0 aromatic heterocycles. The number of halogens is 1. The maximum absolute atomic E-state index is 11.9. The lowest BCUT2D eigenvalue weighted by Gasteiger charge is -2.10. The van der Waals surface area contributed by atoms with E-state index in [1.807, 2.05) is 30.3 Å². The summed E-state index contributed by atoms with van der Waals surface area (Å²) in [6.45, 7) is 3.46. The largest absolute Gasteiger partial charge is 0.346 e. The van der Waals surface area contributed by atoms with E-state index in [9.17, 15) is 14.4 Å². The molecule has 2 aromatic carbocycles. The van der Waals surface area contributed by atoms with Crippen LogP contribution in [0.1, 0.15) is 13.8 Å². The highest BCUT2D eigenvalue weighted by atomic mass is 35.5. The van der Waals surface area contributed by atoms with Crippen molar-refractivity contribution in [2.75, 3.05) is 5.75 Å². The number of rotatable bonds is 4. The molecule has 132 valence electrons. The molecule has 8 heteroatoms. The van der Waals surface area contributed by atoms with E-state index in [0.717, 1.165) is 15.7 Å². The van der Waals surface area contributed by atoms with Crippen LogP contribution in [-0.2, 0) is 14.4 Å². The summed E-state index contributed by atoms with van der Waals surface area (Å²) in [7, 11) is 0. The van der Waals surface area contributed by atoms with Crippen LogP contribution in [0.4, 0.5) is 0 Å². The summed E-state index contributed by atoms with van der Waals surface area (Å²) in [4.78, 5) is 35.7. The van der Waals surface area contributed by atoms with E-state index in [0.29, 0.717) is 5.02 Å². The molecule has 0 aliphatic carbocycles. The van der Waals surface area contributed by atoms with E-state index in [2.05, 4.69) is 16.2 Å². The summed E-state index contributed by atoms with van der Waals surface area (Å²) in [6.07, 6.45) is 0. The molecule has 6 nitrogen and oxygen atoms in total. The number of fused-ring (bicyclic) bond motifs is 1. The van der Waals surface area contributed by atoms with Crippen LogP contribution in [0, 0.1) is 0 Å². The number of hydrogen-bond acceptors (Lipinski definition) is 4. The zero-order chi connectivity index (χ0) is 18.4. The van der Waals surface area contributed by atoms with Gasteiger partial charge in [-0.2, -0.15) is 0 Å². The van der Waals surface area contributed by atoms with Crippen molar-refractivity contribution in [3.05, 3.63) is 41.4 Å². The van der Waals surface area contributed by atoms with Crippen molar-refractivity contribution in [1.29, 1.82) is 0 Å². The molecule has 0 radical (unpaired) electrons. The number of carbonyl (C=O) groups excluding carboxylic acids is 3. The van der Waals surface area contributed by atoms with Gasteiger partial charge in [0.1, 0.15) is 0 Å². The number of amides is 3. The molecule has 0 fully saturated rings. The number of thioether (sulfide) groups is 1. The first kappa shape index (κ1) is 19.1. The molecular weight excluding hydrogens is 362 g/mol. The van der Waals surface area contributed by atoms with Crippen LogP contribution in [0.3, 0.4) is 0 Å². The van der Waals surface area contributed by atoms with Gasteiger partial charge in [-0.15, -0.1) is 11.8 Å². The van der Waals surface area contributed by atoms with Gasteiger partial charge in [0.2, 0.25) is 5.91 Å². The Labute approximate surface area is 154 Å². The summed E-state index contributed by atoms with van der Waals surface area (Å²) in [5.41, 5.74) is 4.30. The lowest BCUT2D eigenvalue weighted by Crippen LogP contribution is -2.50. The normalized spacial score (nSPS) is 10.6. The molecule has 0 saturated carbocycles. The van der Waals surface area contributed by atoms with Crippen LogP contribution in [0.2, 0.25) is 5.02 Å². The molecule has 2 rings (SSSR count). The Bertz CT molecular complexity index is 806. The number of nitrogens with one attached hydrogen (secondary N) is 3. The molecule has 0 spiro atoms. The van der Waals surface area contributed by atoms with Crippen LogP contribution < -0.4 is 16.2 Å². The standard InChI is InChI=1S/C17H18ClN3O3S/c1-10(2)19-16(23)17(24)21-20-14(22)9-25-13-8-4-6-11-5-3-7-12(18)15(11)13/h3-8,10H,9H2,1-2H3,(H,19,23)(H,20,22)(H,21,24). The smallest absolute Gasteiger partial charge is 0.327 e. The number of carbonyl (C=O) groups is 3. The fraction of sp³-hybridized carbons (Fsp3) is 0.235. The zero-order valence-electron chi connectivity index (χ0n) is 13.8. The van der Waals surface area contributed by atoms with E-state index >= 15 is 0 Å². The predicted octanol–water partition coefficient (Wildman–Crippen LogP) is 2.26. The highest BCUT2D eigenvalue weighted by Gasteiger charge is 2.15. The van der Waals surface area contributed by atoms with Crippen molar-refractivity contribution in [3.63, 3.8) is 0 Å². The van der Waals surface area contributed by atoms with Gasteiger partial charge in [0.15, 0.2) is 0 Å². The van der Waals surface area contributed by atoms with E-state index in [1.54, 1.807) is 19.9 Å². The SMILES string of the molecule is CC(C)NC(=O)C(=O)NNC(=O)CSc1cccc2cccc(Cl)c12. The molecule has 0 aliphatic heterocycles. The molecule has 0 saturated heterocycles. The highest BCUT2D eigenvalue weighted by molar-refractivity contribution is 8.00. The minimum Gasteiger partial charge on any atom is -0.346 e. The van der Waals surface area contributed by atoms with Crippen LogP contribution in [0.25, 0.3) is 10.8 Å². The molecule has 2 aromatic rings. The minimum atomic E-state index is -0.916. The van der Waals surface area contributed by atoms with Crippen molar-refractivity contribution in [2.45, 2.75) is 24.8 Å². The van der Waals surface area contributed by atoms with Gasteiger partial charge in [-0.25, -0.2) is 0 Å². The Morgan fingerprint density at radius 2 is 1.72 bits per heavy atom. The van der Waals surface area contributed by atoms with Gasteiger partial charge in [0.25, 0.3) is 0 Å². The van der Waals surface area contributed by atoms with Crippen LogP contribution in [0.5, 0.6) is 0 Å². The van der Waals surface area contributed by atoms with Crippen LogP contribution in [0.15, 0.2) is 41.3 Å². The quantitative estimate of drug-likeness (QED) is 0.432. The van der Waals surface area contributed by atoms with Gasteiger partial charge in [-0.3, -0.25) is 25.2 Å². The van der Waals surface area contributed by atoms with Crippen molar-refractivity contribution in [1.82, 2.24) is 16.2 Å². The van der Waals surface area contributed by atoms with E-state index in [4.69, 9.17) is 11.6 Å². The first-order chi connectivity index (χ1) is 11.9. The van der Waals surface area contributed by atoms with Gasteiger partial charge >= 0.3 is 11.8 Å². The molecule has 0 aliphatic rings. The third-order valence-corrected chi connectivity index (χ3v) is 4.49. The molecule has 0 bridgehead atoms. The second-order valence-corrected chi connectivity index (χ2v) is 6.94. The van der Waals surface area contributed by atoms with Crippen molar-refractivity contribution in [2.24, 2.45) is 0 Å². The number of hydrazine groups is 1. The third-order valence-electron chi connectivity index (χ3n) is 3.12. The monoisotopic (exact) mass is 379 g/mol. The van der Waals surface area contributed by atoms with Crippen LogP contribution >= 0.6 is 23.4 Å². The maximum atomic E-state index is 11.9. The summed E-state index contributed by atoms with van der Waals surface area (Å²) in [5, 5.41) is 4.90. The second-order valence-electron chi connectivity index (χ2n) is 5.51. The van der Waals surface area contributed by atoms with Crippen LogP contribution in [-0.4, -0.2) is 29.5 Å². The summed E-state index contributed by atoms with van der Waals surface area (Å²) >= 11 is 7.54. The van der Waals surface area contributed by atoms with Gasteiger partial charge < -0.3 is 5.32 Å². The Hall–Kier alpha value is -2.25. The Balaban J connectivity index is 1.91. The fourth-order valence-corrected chi connectivity index (χ4v) is 3.32. The Kier molecular flexibility index (Phi) is 6.66. The minimum absolute atomic E-state index is 0.0659. The first-order valence-electron chi connectivity index (χ1n) is 7.58. The lowest BCUT2D eigenvalue weighted by molar-refractivity contribution is -0.141. The lowest BCUT2D eigenvalue weighted by atomic mass is 10.1.